The van der Waals surface area contributed by atoms with Crippen molar-refractivity contribution >= 4 is 40.9 Å². The molecule has 0 aliphatic heterocycles. The first-order valence-electron chi connectivity index (χ1n) is 4.14. The van der Waals surface area contributed by atoms with Gasteiger partial charge in [0, 0.05) is 6.07 Å². The van der Waals surface area contributed by atoms with Gasteiger partial charge in [0.1, 0.15) is 16.9 Å². The van der Waals surface area contributed by atoms with Crippen LogP contribution in [0.4, 0.5) is 5.82 Å². The summed E-state index contributed by atoms with van der Waals surface area (Å²) >= 11 is 11.1. The van der Waals surface area contributed by atoms with Crippen LogP contribution in [0.15, 0.2) is 6.07 Å². The van der Waals surface area contributed by atoms with Gasteiger partial charge in [0.2, 0.25) is 11.2 Å². The van der Waals surface area contributed by atoms with Crippen molar-refractivity contribution in [1.82, 2.24) is 9.97 Å². The Hall–Kier alpha value is -1.40. The average molecular weight is 264 g/mol. The van der Waals surface area contributed by atoms with Gasteiger partial charge < -0.3 is 10.4 Å². The van der Waals surface area contributed by atoms with Gasteiger partial charge in [-0.05, 0) is 18.5 Å². The van der Waals surface area contributed by atoms with E-state index in [1.165, 1.54) is 13.0 Å². The molecule has 8 heteroatoms. The van der Waals surface area contributed by atoms with Crippen LogP contribution in [0.3, 0.4) is 0 Å². The van der Waals surface area contributed by atoms with E-state index in [1.807, 2.05) is 0 Å². The first-order chi connectivity index (χ1) is 7.40. The molecule has 0 bridgehead atoms. The predicted molar refractivity (Wildman–Crippen MR) is 57.5 cm³/mol. The zero-order valence-corrected chi connectivity index (χ0v) is 9.58. The van der Waals surface area contributed by atoms with E-state index in [-0.39, 0.29) is 16.3 Å². The highest BCUT2D eigenvalue weighted by molar-refractivity contribution is 6.32. The first kappa shape index (κ1) is 12.7. The number of halogens is 2. The zero-order chi connectivity index (χ0) is 12.3. The van der Waals surface area contributed by atoms with Gasteiger partial charge in [-0.1, -0.05) is 11.6 Å². The van der Waals surface area contributed by atoms with E-state index in [2.05, 4.69) is 15.3 Å². The number of aliphatic carboxylic acids is 1. The minimum atomic E-state index is -1.23. The molecule has 86 valence electrons. The number of nitrogens with zero attached hydrogens (tertiary/aromatic N) is 2. The van der Waals surface area contributed by atoms with Crippen LogP contribution in [0.25, 0.3) is 0 Å². The third-order valence-electron chi connectivity index (χ3n) is 1.68. The van der Waals surface area contributed by atoms with Crippen LogP contribution < -0.4 is 5.32 Å². The Bertz CT molecular complexity index is 418. The van der Waals surface area contributed by atoms with Gasteiger partial charge >= 0.3 is 5.97 Å². The highest BCUT2D eigenvalue weighted by Gasteiger charge is 2.21. The number of carboxylic acids is 1. The summed E-state index contributed by atoms with van der Waals surface area (Å²) in [5.74, 6) is -3.07. The van der Waals surface area contributed by atoms with Crippen LogP contribution in [0.5, 0.6) is 0 Å². The number of aromatic nitrogens is 2. The quantitative estimate of drug-likeness (QED) is 0.489. The van der Waals surface area contributed by atoms with Crippen LogP contribution in [-0.4, -0.2) is 27.0 Å². The SMILES string of the molecule is CC(C(=O)O)C(=O)Nc1cc(Cl)nc(Cl)n1. The zero-order valence-electron chi connectivity index (χ0n) is 8.07. The van der Waals surface area contributed by atoms with Crippen LogP contribution in [0, 0.1) is 5.92 Å². The molecule has 2 N–H and O–H groups in total. The fraction of sp³-hybridized carbons (Fsp3) is 0.250. The molecule has 0 fully saturated rings. The van der Waals surface area contributed by atoms with Crippen molar-refractivity contribution < 1.29 is 14.7 Å². The number of carbonyl (C=O) groups excluding carboxylic acids is 1. The molecule has 0 radical (unpaired) electrons. The molecule has 0 saturated carbocycles. The Morgan fingerprint density at radius 2 is 2.06 bits per heavy atom. The summed E-state index contributed by atoms with van der Waals surface area (Å²) in [6.07, 6.45) is 0. The van der Waals surface area contributed by atoms with E-state index in [0.717, 1.165) is 0 Å². The summed E-state index contributed by atoms with van der Waals surface area (Å²) < 4.78 is 0. The number of anilines is 1. The monoisotopic (exact) mass is 263 g/mol. The molecule has 0 saturated heterocycles. The lowest BCUT2D eigenvalue weighted by Crippen LogP contribution is -2.27. The highest BCUT2D eigenvalue weighted by atomic mass is 35.5. The lowest BCUT2D eigenvalue weighted by Gasteiger charge is -2.07. The van der Waals surface area contributed by atoms with Gasteiger partial charge in [-0.15, -0.1) is 0 Å². The summed E-state index contributed by atoms with van der Waals surface area (Å²) in [4.78, 5) is 29.1. The number of hydrogen-bond donors (Lipinski definition) is 2. The van der Waals surface area contributed by atoms with Crippen molar-refractivity contribution in [3.8, 4) is 0 Å². The fourth-order valence-corrected chi connectivity index (χ4v) is 1.21. The number of hydrogen-bond acceptors (Lipinski definition) is 4. The van der Waals surface area contributed by atoms with Crippen LogP contribution in [-0.2, 0) is 9.59 Å². The van der Waals surface area contributed by atoms with Gasteiger partial charge in [-0.3, -0.25) is 9.59 Å². The van der Waals surface area contributed by atoms with Gasteiger partial charge in [0.25, 0.3) is 0 Å². The van der Waals surface area contributed by atoms with Gasteiger partial charge in [-0.25, -0.2) is 9.97 Å². The Morgan fingerprint density at radius 1 is 1.44 bits per heavy atom. The minimum Gasteiger partial charge on any atom is -0.481 e. The molecule has 1 aromatic heterocycles. The van der Waals surface area contributed by atoms with Crippen molar-refractivity contribution in [2.24, 2.45) is 5.92 Å². The fourth-order valence-electron chi connectivity index (χ4n) is 0.801. The Balaban J connectivity index is 2.81. The van der Waals surface area contributed by atoms with E-state index in [0.29, 0.717) is 0 Å². The van der Waals surface area contributed by atoms with E-state index < -0.39 is 17.8 Å². The molecule has 1 amide bonds. The van der Waals surface area contributed by atoms with Crippen LogP contribution in [0.1, 0.15) is 6.92 Å². The van der Waals surface area contributed by atoms with Crippen molar-refractivity contribution in [3.63, 3.8) is 0 Å². The van der Waals surface area contributed by atoms with Crippen LogP contribution >= 0.6 is 23.2 Å². The predicted octanol–water partition coefficient (Wildman–Crippen LogP) is 1.44. The maximum atomic E-state index is 11.3. The number of amides is 1. The molecule has 0 aliphatic carbocycles. The third kappa shape index (κ3) is 3.32. The summed E-state index contributed by atoms with van der Waals surface area (Å²) in [6, 6.07) is 1.26. The molecular weight excluding hydrogens is 257 g/mol. The minimum absolute atomic E-state index is 0.0540. The first-order valence-corrected chi connectivity index (χ1v) is 4.89. The second kappa shape index (κ2) is 5.09. The van der Waals surface area contributed by atoms with E-state index in [4.69, 9.17) is 28.3 Å². The number of carbonyl (C=O) groups is 2. The summed E-state index contributed by atoms with van der Waals surface area (Å²) in [7, 11) is 0. The molecule has 1 atom stereocenters. The molecular formula is C8H7Cl2N3O3. The van der Waals surface area contributed by atoms with E-state index >= 15 is 0 Å². The number of nitrogens with one attached hydrogen (secondary N) is 1. The molecule has 1 rings (SSSR count). The maximum Gasteiger partial charge on any atom is 0.315 e. The normalized spacial score (nSPS) is 11.9. The average Bonchev–Trinajstić information content (AvgIpc) is 2.14. The largest absolute Gasteiger partial charge is 0.481 e. The van der Waals surface area contributed by atoms with Crippen molar-refractivity contribution in [1.29, 1.82) is 0 Å². The lowest BCUT2D eigenvalue weighted by atomic mass is 10.2. The third-order valence-corrected chi connectivity index (χ3v) is 2.05. The molecule has 1 heterocycles. The van der Waals surface area contributed by atoms with Crippen LogP contribution in [0.2, 0.25) is 10.4 Å². The Kier molecular flexibility index (Phi) is 4.03. The van der Waals surface area contributed by atoms with Gasteiger partial charge in [-0.2, -0.15) is 0 Å². The summed E-state index contributed by atoms with van der Waals surface area (Å²) in [5, 5.41) is 10.8. The molecule has 1 unspecified atom stereocenters. The topological polar surface area (TPSA) is 92.2 Å². The maximum absolute atomic E-state index is 11.3. The van der Waals surface area contributed by atoms with E-state index in [1.54, 1.807) is 0 Å². The smallest absolute Gasteiger partial charge is 0.315 e. The van der Waals surface area contributed by atoms with Crippen molar-refractivity contribution in [3.05, 3.63) is 16.5 Å². The number of rotatable bonds is 3. The van der Waals surface area contributed by atoms with Gasteiger partial charge in [0.15, 0.2) is 0 Å². The highest BCUT2D eigenvalue weighted by Crippen LogP contribution is 2.15. The second-order valence-electron chi connectivity index (χ2n) is 2.89. The second-order valence-corrected chi connectivity index (χ2v) is 3.62. The van der Waals surface area contributed by atoms with E-state index in [9.17, 15) is 9.59 Å². The van der Waals surface area contributed by atoms with Crippen molar-refractivity contribution in [2.45, 2.75) is 6.92 Å². The molecule has 16 heavy (non-hydrogen) atoms. The summed E-state index contributed by atoms with van der Waals surface area (Å²) in [5.41, 5.74) is 0. The van der Waals surface area contributed by atoms with Gasteiger partial charge in [0.05, 0.1) is 0 Å². The molecule has 0 spiro atoms. The summed E-state index contributed by atoms with van der Waals surface area (Å²) in [6.45, 7) is 1.25. The Labute approximate surface area is 101 Å². The molecule has 6 nitrogen and oxygen atoms in total. The lowest BCUT2D eigenvalue weighted by molar-refractivity contribution is -0.144. The molecule has 0 aromatic carbocycles. The van der Waals surface area contributed by atoms with Crippen molar-refractivity contribution in [2.75, 3.05) is 5.32 Å². The molecule has 0 aliphatic rings. The standard InChI is InChI=1S/C8H7Cl2N3O3/c1-3(7(15)16)6(14)12-5-2-4(9)11-8(10)13-5/h2-3H,1H3,(H,15,16)(H,11,12,13,14). The number of carboxylic acid groups (broad SMARTS) is 1. The molecule has 1 aromatic rings. The Morgan fingerprint density at radius 3 is 2.56 bits per heavy atom.